The number of fused-ring (bicyclic) bond motifs is 1. The van der Waals surface area contributed by atoms with E-state index >= 15 is 0 Å². The fraction of sp³-hybridized carbons (Fsp3) is 0.333. The monoisotopic (exact) mass is 246 g/mol. The van der Waals surface area contributed by atoms with Crippen molar-refractivity contribution in [2.75, 3.05) is 17.6 Å². The molecule has 6 nitrogen and oxygen atoms in total. The van der Waals surface area contributed by atoms with Gasteiger partial charge in [0.2, 0.25) is 0 Å². The van der Waals surface area contributed by atoms with E-state index in [0.29, 0.717) is 0 Å². The molecule has 1 aliphatic heterocycles. The zero-order chi connectivity index (χ0) is 12.2. The van der Waals surface area contributed by atoms with Gasteiger partial charge >= 0.3 is 10.4 Å². The Morgan fingerprint density at radius 1 is 1.31 bits per heavy atom. The third-order valence-corrected chi connectivity index (χ3v) is 2.07. The second kappa shape index (κ2) is 5.15. The second-order valence-electron chi connectivity index (χ2n) is 3.39. The van der Waals surface area contributed by atoms with Gasteiger partial charge in [-0.25, -0.2) is 0 Å². The molecular weight excluding hydrogens is 232 g/mol. The van der Waals surface area contributed by atoms with Gasteiger partial charge in [-0.1, -0.05) is 0 Å². The third kappa shape index (κ3) is 4.96. The molecule has 0 aliphatic carbocycles. The lowest BCUT2D eigenvalue weighted by Crippen LogP contribution is -2.11. The van der Waals surface area contributed by atoms with Crippen molar-refractivity contribution in [2.45, 2.75) is 12.8 Å². The van der Waals surface area contributed by atoms with Gasteiger partial charge in [-0.3, -0.25) is 9.11 Å². The first-order valence-corrected chi connectivity index (χ1v) is 6.08. The summed E-state index contributed by atoms with van der Waals surface area (Å²) in [5, 5.41) is 3.33. The number of nitrogens with one attached hydrogen (secondary N) is 1. The average Bonchev–Trinajstić information content (AvgIpc) is 2.15. The lowest BCUT2D eigenvalue weighted by atomic mass is 10.0. The highest BCUT2D eigenvalue weighted by Crippen LogP contribution is 2.23. The maximum atomic E-state index is 8.74. The van der Waals surface area contributed by atoms with Crippen molar-refractivity contribution in [3.63, 3.8) is 0 Å². The van der Waals surface area contributed by atoms with Crippen molar-refractivity contribution in [3.8, 4) is 0 Å². The molecule has 0 spiro atoms. The summed E-state index contributed by atoms with van der Waals surface area (Å²) in [6, 6.07) is 6.06. The van der Waals surface area contributed by atoms with Crippen molar-refractivity contribution in [1.82, 2.24) is 0 Å². The van der Waals surface area contributed by atoms with E-state index in [9.17, 15) is 0 Å². The Balaban J connectivity index is 0.000000221. The van der Waals surface area contributed by atoms with E-state index in [1.807, 2.05) is 6.07 Å². The molecule has 1 aliphatic rings. The van der Waals surface area contributed by atoms with Crippen LogP contribution < -0.4 is 11.1 Å². The van der Waals surface area contributed by atoms with Gasteiger partial charge in [-0.05, 0) is 36.6 Å². The zero-order valence-electron chi connectivity index (χ0n) is 8.55. The molecule has 0 atom stereocenters. The molecule has 90 valence electrons. The molecule has 1 aromatic carbocycles. The molecule has 0 aromatic heterocycles. The molecule has 0 radical (unpaired) electrons. The van der Waals surface area contributed by atoms with Crippen molar-refractivity contribution < 1.29 is 17.5 Å². The highest BCUT2D eigenvalue weighted by atomic mass is 32.3. The Hall–Kier alpha value is -1.31. The number of benzene rings is 1. The van der Waals surface area contributed by atoms with Crippen LogP contribution in [0.1, 0.15) is 12.0 Å². The van der Waals surface area contributed by atoms with Crippen molar-refractivity contribution in [3.05, 3.63) is 23.8 Å². The average molecular weight is 246 g/mol. The molecule has 0 saturated carbocycles. The van der Waals surface area contributed by atoms with Crippen LogP contribution in [0.25, 0.3) is 0 Å². The SMILES string of the molecule is Nc1ccc2c(c1)CCCN2.O=S(=O)(O)O. The second-order valence-corrected chi connectivity index (χ2v) is 4.29. The maximum Gasteiger partial charge on any atom is 0.394 e. The van der Waals surface area contributed by atoms with Gasteiger partial charge < -0.3 is 11.1 Å². The van der Waals surface area contributed by atoms with Crippen molar-refractivity contribution in [1.29, 1.82) is 0 Å². The van der Waals surface area contributed by atoms with E-state index in [0.717, 1.165) is 18.7 Å². The normalized spacial score (nSPS) is 14.1. The summed E-state index contributed by atoms with van der Waals surface area (Å²) in [7, 11) is -4.67. The maximum absolute atomic E-state index is 8.74. The van der Waals surface area contributed by atoms with Crippen LogP contribution in [-0.4, -0.2) is 24.1 Å². The minimum atomic E-state index is -4.67. The summed E-state index contributed by atoms with van der Waals surface area (Å²) in [6.07, 6.45) is 2.38. The van der Waals surface area contributed by atoms with Gasteiger partial charge in [0, 0.05) is 17.9 Å². The molecule has 2 rings (SSSR count). The number of nitrogen functional groups attached to an aromatic ring is 1. The highest BCUT2D eigenvalue weighted by molar-refractivity contribution is 7.79. The first kappa shape index (κ1) is 12.8. The van der Waals surface area contributed by atoms with Gasteiger partial charge in [-0.15, -0.1) is 0 Å². The molecule has 5 N–H and O–H groups in total. The van der Waals surface area contributed by atoms with Crippen LogP contribution in [0.4, 0.5) is 11.4 Å². The van der Waals surface area contributed by atoms with Crippen molar-refractivity contribution in [2.24, 2.45) is 0 Å². The molecule has 0 unspecified atom stereocenters. The van der Waals surface area contributed by atoms with E-state index in [2.05, 4.69) is 17.4 Å². The molecule has 1 aromatic rings. The van der Waals surface area contributed by atoms with E-state index in [4.69, 9.17) is 23.3 Å². The standard InChI is InChI=1S/C9H12N2.H2O4S/c10-8-3-4-9-7(6-8)2-1-5-11-9;1-5(2,3)4/h3-4,6,11H,1-2,5,10H2;(H2,1,2,3,4). The summed E-state index contributed by atoms with van der Waals surface area (Å²) in [5.74, 6) is 0. The van der Waals surface area contributed by atoms with Crippen molar-refractivity contribution >= 4 is 21.8 Å². The quantitative estimate of drug-likeness (QED) is 0.401. The summed E-state index contributed by atoms with van der Waals surface area (Å²) >= 11 is 0. The van der Waals surface area contributed by atoms with Crippen LogP contribution >= 0.6 is 0 Å². The summed E-state index contributed by atoms with van der Waals surface area (Å²) < 4.78 is 31.6. The van der Waals surface area contributed by atoms with E-state index in [-0.39, 0.29) is 0 Å². The Morgan fingerprint density at radius 2 is 1.94 bits per heavy atom. The summed E-state index contributed by atoms with van der Waals surface area (Å²) in [6.45, 7) is 1.09. The smallest absolute Gasteiger partial charge is 0.394 e. The van der Waals surface area contributed by atoms with E-state index in [1.54, 1.807) is 0 Å². The molecule has 7 heteroatoms. The minimum absolute atomic E-state index is 0.868. The predicted molar refractivity (Wildman–Crippen MR) is 61.8 cm³/mol. The van der Waals surface area contributed by atoms with E-state index in [1.165, 1.54) is 17.7 Å². The summed E-state index contributed by atoms with van der Waals surface area (Å²) in [5.41, 5.74) is 9.13. The largest absolute Gasteiger partial charge is 0.399 e. The molecular formula is C9H14N2O4S. The van der Waals surface area contributed by atoms with E-state index < -0.39 is 10.4 Å². The van der Waals surface area contributed by atoms with Gasteiger partial charge in [0.1, 0.15) is 0 Å². The zero-order valence-corrected chi connectivity index (χ0v) is 9.37. The topological polar surface area (TPSA) is 113 Å². The third-order valence-electron chi connectivity index (χ3n) is 2.07. The number of anilines is 2. The molecule has 0 saturated heterocycles. The Bertz CT molecular complexity index is 451. The number of aryl methyl sites for hydroxylation is 1. The Morgan fingerprint density at radius 3 is 2.56 bits per heavy atom. The first-order valence-electron chi connectivity index (χ1n) is 4.68. The van der Waals surface area contributed by atoms with Crippen LogP contribution in [0, 0.1) is 0 Å². The molecule has 0 fully saturated rings. The van der Waals surface area contributed by atoms with Gasteiger partial charge in [0.15, 0.2) is 0 Å². The number of rotatable bonds is 0. The lowest BCUT2D eigenvalue weighted by molar-refractivity contribution is 0.381. The minimum Gasteiger partial charge on any atom is -0.399 e. The molecule has 16 heavy (non-hydrogen) atoms. The molecule has 0 amide bonds. The van der Waals surface area contributed by atoms with Crippen LogP contribution in [-0.2, 0) is 16.8 Å². The Kier molecular flexibility index (Phi) is 4.11. The predicted octanol–water partition coefficient (Wildman–Crippen LogP) is 0.974. The molecule has 0 bridgehead atoms. The van der Waals surface area contributed by atoms with Gasteiger partial charge in [0.05, 0.1) is 0 Å². The lowest BCUT2D eigenvalue weighted by Gasteiger charge is -2.17. The van der Waals surface area contributed by atoms with Crippen LogP contribution in [0.15, 0.2) is 18.2 Å². The number of hydrogen-bond donors (Lipinski definition) is 4. The number of hydrogen-bond acceptors (Lipinski definition) is 4. The fourth-order valence-electron chi connectivity index (χ4n) is 1.49. The number of nitrogens with two attached hydrogens (primary N) is 1. The van der Waals surface area contributed by atoms with Crippen LogP contribution in [0.2, 0.25) is 0 Å². The van der Waals surface area contributed by atoms with Gasteiger partial charge in [0.25, 0.3) is 0 Å². The highest BCUT2D eigenvalue weighted by Gasteiger charge is 2.06. The van der Waals surface area contributed by atoms with Gasteiger partial charge in [-0.2, -0.15) is 8.42 Å². The fourth-order valence-corrected chi connectivity index (χ4v) is 1.49. The summed E-state index contributed by atoms with van der Waals surface area (Å²) in [4.78, 5) is 0. The van der Waals surface area contributed by atoms with Crippen LogP contribution in [0.3, 0.4) is 0 Å². The first-order chi connectivity index (χ1) is 7.36. The Labute approximate surface area is 94.0 Å². The van der Waals surface area contributed by atoms with Crippen LogP contribution in [0.5, 0.6) is 0 Å². The molecule has 1 heterocycles.